The summed E-state index contributed by atoms with van der Waals surface area (Å²) in [5.74, 6) is 0.463. The lowest BCUT2D eigenvalue weighted by atomic mass is 9.73. The number of allylic oxidation sites excluding steroid dienone is 2. The molecule has 0 fully saturated rings. The first kappa shape index (κ1) is 8.02. The fourth-order valence-electron chi connectivity index (χ4n) is 2.17. The molecule has 2 nitrogen and oxygen atoms in total. The van der Waals surface area contributed by atoms with Crippen molar-refractivity contribution in [1.29, 1.82) is 0 Å². The molecule has 2 N–H and O–H groups in total. The molecule has 12 heavy (non-hydrogen) atoms. The SMILES string of the molecule is O[C@@H]1C=CC[C@@H]2[C@@H]1CC=C[C@@H]2O. The highest BCUT2D eigenvalue weighted by Gasteiger charge is 2.34. The van der Waals surface area contributed by atoms with Crippen molar-refractivity contribution in [2.75, 3.05) is 0 Å². The molecule has 0 aromatic heterocycles. The number of aliphatic hydroxyl groups excluding tert-OH is 2. The molecule has 2 aliphatic carbocycles. The summed E-state index contributed by atoms with van der Waals surface area (Å²) in [6, 6.07) is 0. The predicted octanol–water partition coefficient (Wildman–Crippen LogP) is 0.860. The van der Waals surface area contributed by atoms with Crippen LogP contribution < -0.4 is 0 Å². The quantitative estimate of drug-likeness (QED) is 0.524. The number of aliphatic hydroxyl groups is 2. The second-order valence-corrected chi connectivity index (χ2v) is 3.64. The first-order valence-electron chi connectivity index (χ1n) is 4.48. The molecule has 0 radical (unpaired) electrons. The molecule has 2 rings (SSSR count). The summed E-state index contributed by atoms with van der Waals surface area (Å²) in [5.41, 5.74) is 0. The van der Waals surface area contributed by atoms with Gasteiger partial charge in [0, 0.05) is 0 Å². The minimum absolute atomic E-state index is 0.231. The third kappa shape index (κ3) is 1.21. The van der Waals surface area contributed by atoms with Crippen LogP contribution in [0.4, 0.5) is 0 Å². The standard InChI is InChI=1S/C10H14O2/c11-9-5-1-3-7-8(9)4-2-6-10(7)12/h1-2,5-12H,3-4H2/t7-,8+,9-,10+. The van der Waals surface area contributed by atoms with E-state index in [-0.39, 0.29) is 24.0 Å². The van der Waals surface area contributed by atoms with E-state index >= 15 is 0 Å². The van der Waals surface area contributed by atoms with E-state index in [2.05, 4.69) is 0 Å². The fourth-order valence-corrected chi connectivity index (χ4v) is 2.17. The molecule has 0 aliphatic heterocycles. The van der Waals surface area contributed by atoms with Crippen molar-refractivity contribution >= 4 is 0 Å². The zero-order valence-electron chi connectivity index (χ0n) is 6.93. The zero-order valence-corrected chi connectivity index (χ0v) is 6.93. The van der Waals surface area contributed by atoms with E-state index in [9.17, 15) is 10.2 Å². The predicted molar refractivity (Wildman–Crippen MR) is 46.5 cm³/mol. The van der Waals surface area contributed by atoms with Gasteiger partial charge in [-0.15, -0.1) is 0 Å². The molecular weight excluding hydrogens is 152 g/mol. The lowest BCUT2D eigenvalue weighted by Gasteiger charge is -2.36. The Bertz CT molecular complexity index is 196. The molecule has 0 bridgehead atoms. The Balaban J connectivity index is 2.20. The summed E-state index contributed by atoms with van der Waals surface area (Å²) in [5, 5.41) is 19.2. The largest absolute Gasteiger partial charge is 0.389 e. The van der Waals surface area contributed by atoms with E-state index in [0.29, 0.717) is 0 Å². The van der Waals surface area contributed by atoms with Crippen molar-refractivity contribution in [3.63, 3.8) is 0 Å². The molecule has 0 aromatic carbocycles. The molecule has 0 saturated carbocycles. The summed E-state index contributed by atoms with van der Waals surface area (Å²) in [6.07, 6.45) is 8.69. The van der Waals surface area contributed by atoms with Crippen molar-refractivity contribution in [3.8, 4) is 0 Å². The fraction of sp³-hybridized carbons (Fsp3) is 0.600. The topological polar surface area (TPSA) is 40.5 Å². The Morgan fingerprint density at radius 1 is 0.833 bits per heavy atom. The summed E-state index contributed by atoms with van der Waals surface area (Å²) in [6.45, 7) is 0. The maximum Gasteiger partial charge on any atom is 0.0755 e. The highest BCUT2D eigenvalue weighted by atomic mass is 16.3. The second kappa shape index (κ2) is 3.04. The minimum atomic E-state index is -0.358. The number of hydrogen-bond donors (Lipinski definition) is 2. The van der Waals surface area contributed by atoms with Crippen LogP contribution in [0.1, 0.15) is 12.8 Å². The normalized spacial score (nSPS) is 45.8. The molecule has 4 atom stereocenters. The third-order valence-electron chi connectivity index (χ3n) is 2.91. The van der Waals surface area contributed by atoms with Crippen LogP contribution in [-0.2, 0) is 0 Å². The Morgan fingerprint density at radius 3 is 1.67 bits per heavy atom. The van der Waals surface area contributed by atoms with Gasteiger partial charge in [-0.25, -0.2) is 0 Å². The first-order chi connectivity index (χ1) is 5.79. The van der Waals surface area contributed by atoms with E-state index in [1.807, 2.05) is 24.3 Å². The molecule has 0 amide bonds. The van der Waals surface area contributed by atoms with E-state index < -0.39 is 0 Å². The maximum absolute atomic E-state index is 9.59. The molecule has 0 saturated heterocycles. The Kier molecular flexibility index (Phi) is 2.03. The molecule has 66 valence electrons. The summed E-state index contributed by atoms with van der Waals surface area (Å²) < 4.78 is 0. The van der Waals surface area contributed by atoms with Gasteiger partial charge in [0.1, 0.15) is 0 Å². The average molecular weight is 166 g/mol. The molecule has 0 spiro atoms. The van der Waals surface area contributed by atoms with Gasteiger partial charge in [0.05, 0.1) is 12.2 Å². The van der Waals surface area contributed by atoms with Gasteiger partial charge in [-0.2, -0.15) is 0 Å². The van der Waals surface area contributed by atoms with Gasteiger partial charge >= 0.3 is 0 Å². The number of hydrogen-bond acceptors (Lipinski definition) is 2. The van der Waals surface area contributed by atoms with E-state index in [0.717, 1.165) is 12.8 Å². The highest BCUT2D eigenvalue weighted by molar-refractivity contribution is 5.11. The molecule has 0 unspecified atom stereocenters. The van der Waals surface area contributed by atoms with Crippen LogP contribution in [0.5, 0.6) is 0 Å². The number of fused-ring (bicyclic) bond motifs is 1. The van der Waals surface area contributed by atoms with Gasteiger partial charge in [-0.3, -0.25) is 0 Å². The van der Waals surface area contributed by atoms with Crippen LogP contribution >= 0.6 is 0 Å². The van der Waals surface area contributed by atoms with Gasteiger partial charge in [-0.05, 0) is 24.7 Å². The van der Waals surface area contributed by atoms with Crippen LogP contribution in [0.15, 0.2) is 24.3 Å². The lowest BCUT2D eigenvalue weighted by molar-refractivity contribution is 0.0355. The third-order valence-corrected chi connectivity index (χ3v) is 2.91. The maximum atomic E-state index is 9.59. The van der Waals surface area contributed by atoms with Crippen LogP contribution in [0, 0.1) is 11.8 Å². The molecule has 0 aromatic rings. The van der Waals surface area contributed by atoms with Crippen LogP contribution in [0.2, 0.25) is 0 Å². The van der Waals surface area contributed by atoms with Crippen molar-refractivity contribution < 1.29 is 10.2 Å². The van der Waals surface area contributed by atoms with E-state index in [4.69, 9.17) is 0 Å². The average Bonchev–Trinajstić information content (AvgIpc) is 2.07. The van der Waals surface area contributed by atoms with E-state index in [1.165, 1.54) is 0 Å². The van der Waals surface area contributed by atoms with Crippen LogP contribution in [0.25, 0.3) is 0 Å². The Morgan fingerprint density at radius 2 is 1.25 bits per heavy atom. The van der Waals surface area contributed by atoms with Gasteiger partial charge < -0.3 is 10.2 Å². The smallest absolute Gasteiger partial charge is 0.0755 e. The molecule has 2 aliphatic rings. The van der Waals surface area contributed by atoms with Gasteiger partial charge in [0.25, 0.3) is 0 Å². The zero-order chi connectivity index (χ0) is 8.55. The summed E-state index contributed by atoms with van der Waals surface area (Å²) in [4.78, 5) is 0. The molecular formula is C10H14O2. The highest BCUT2D eigenvalue weighted by Crippen LogP contribution is 2.34. The van der Waals surface area contributed by atoms with Gasteiger partial charge in [0.2, 0.25) is 0 Å². The minimum Gasteiger partial charge on any atom is -0.389 e. The Hall–Kier alpha value is -0.600. The second-order valence-electron chi connectivity index (χ2n) is 3.64. The van der Waals surface area contributed by atoms with Gasteiger partial charge in [0.15, 0.2) is 0 Å². The molecule has 0 heterocycles. The summed E-state index contributed by atoms with van der Waals surface area (Å²) in [7, 11) is 0. The summed E-state index contributed by atoms with van der Waals surface area (Å²) >= 11 is 0. The monoisotopic (exact) mass is 166 g/mol. The van der Waals surface area contributed by atoms with Crippen LogP contribution in [0.3, 0.4) is 0 Å². The van der Waals surface area contributed by atoms with Crippen molar-refractivity contribution in [3.05, 3.63) is 24.3 Å². The van der Waals surface area contributed by atoms with Crippen molar-refractivity contribution in [2.24, 2.45) is 11.8 Å². The Labute approximate surface area is 72.2 Å². The van der Waals surface area contributed by atoms with Crippen molar-refractivity contribution in [1.82, 2.24) is 0 Å². The molecule has 2 heteroatoms. The first-order valence-corrected chi connectivity index (χ1v) is 4.48. The van der Waals surface area contributed by atoms with Crippen LogP contribution in [-0.4, -0.2) is 22.4 Å². The lowest BCUT2D eigenvalue weighted by Crippen LogP contribution is -2.37. The van der Waals surface area contributed by atoms with E-state index in [1.54, 1.807) is 0 Å². The number of rotatable bonds is 0. The van der Waals surface area contributed by atoms with Gasteiger partial charge in [-0.1, -0.05) is 24.3 Å². The van der Waals surface area contributed by atoms with Crippen molar-refractivity contribution in [2.45, 2.75) is 25.0 Å².